The quantitative estimate of drug-likeness (QED) is 0.740. The summed E-state index contributed by atoms with van der Waals surface area (Å²) in [6, 6.07) is 4.78. The molecular weight excluding hydrogens is 251 g/mol. The van der Waals surface area contributed by atoms with Gasteiger partial charge in [0.2, 0.25) is 5.95 Å². The molecule has 0 aromatic carbocycles. The van der Waals surface area contributed by atoms with Gasteiger partial charge in [-0.05, 0) is 29.5 Å². The highest BCUT2D eigenvalue weighted by Gasteiger charge is 2.22. The van der Waals surface area contributed by atoms with E-state index in [0.717, 1.165) is 6.42 Å². The molecule has 3 rings (SSSR count). The molecule has 5 heteroatoms. The van der Waals surface area contributed by atoms with Gasteiger partial charge in [0.05, 0.1) is 0 Å². The lowest BCUT2D eigenvalue weighted by Crippen LogP contribution is -2.35. The van der Waals surface area contributed by atoms with Crippen molar-refractivity contribution in [3.63, 3.8) is 0 Å². The van der Waals surface area contributed by atoms with Crippen molar-refractivity contribution >= 4 is 17.2 Å². The summed E-state index contributed by atoms with van der Waals surface area (Å²) in [5.41, 5.74) is 1.57. The van der Waals surface area contributed by atoms with Crippen LogP contribution >= 0.6 is 11.3 Å². The molecule has 1 amide bonds. The maximum absolute atomic E-state index is 13.0. The Kier molecular flexibility index (Phi) is 2.83. The molecule has 3 nitrogen and oxygen atoms in total. The van der Waals surface area contributed by atoms with Gasteiger partial charge < -0.3 is 4.90 Å². The van der Waals surface area contributed by atoms with Gasteiger partial charge in [0, 0.05) is 35.8 Å². The molecule has 0 unspecified atom stereocenters. The van der Waals surface area contributed by atoms with E-state index < -0.39 is 5.95 Å². The number of thiophene rings is 1. The third-order valence-electron chi connectivity index (χ3n) is 3.07. The van der Waals surface area contributed by atoms with Crippen LogP contribution in [0.25, 0.3) is 0 Å². The summed E-state index contributed by atoms with van der Waals surface area (Å²) in [5.74, 6) is -0.748. The van der Waals surface area contributed by atoms with E-state index in [0.29, 0.717) is 18.7 Å². The number of pyridine rings is 1. The lowest BCUT2D eigenvalue weighted by molar-refractivity contribution is 0.0735. The zero-order valence-corrected chi connectivity index (χ0v) is 10.4. The second-order valence-corrected chi connectivity index (χ2v) is 5.21. The Morgan fingerprint density at radius 3 is 3.17 bits per heavy atom. The predicted molar refractivity (Wildman–Crippen MR) is 67.0 cm³/mol. The summed E-state index contributed by atoms with van der Waals surface area (Å²) in [5, 5.41) is 2.05. The van der Waals surface area contributed by atoms with E-state index in [1.165, 1.54) is 22.7 Å². The first-order chi connectivity index (χ1) is 8.74. The Balaban J connectivity index is 1.83. The number of carbonyl (C=O) groups is 1. The Labute approximate surface area is 108 Å². The van der Waals surface area contributed by atoms with Crippen molar-refractivity contribution in [1.82, 2.24) is 9.88 Å². The first-order valence-corrected chi connectivity index (χ1v) is 6.58. The number of halogens is 1. The lowest BCUT2D eigenvalue weighted by atomic mass is 10.1. The molecule has 0 aliphatic carbocycles. The zero-order valence-electron chi connectivity index (χ0n) is 9.60. The highest BCUT2D eigenvalue weighted by atomic mass is 32.1. The van der Waals surface area contributed by atoms with Gasteiger partial charge in [-0.15, -0.1) is 11.3 Å². The summed E-state index contributed by atoms with van der Waals surface area (Å²) < 4.78 is 13.0. The first-order valence-electron chi connectivity index (χ1n) is 5.70. The minimum Gasteiger partial charge on any atom is -0.334 e. The standard InChI is InChI=1S/C13H11FN2OS/c14-12-7-9(1-4-15-12)13(17)16-5-2-11-10(8-16)3-6-18-11/h1,3-4,6-7H,2,5,8H2. The van der Waals surface area contributed by atoms with Crippen molar-refractivity contribution in [3.8, 4) is 0 Å². The molecule has 0 saturated heterocycles. The van der Waals surface area contributed by atoms with Gasteiger partial charge in [0.15, 0.2) is 0 Å². The van der Waals surface area contributed by atoms with Gasteiger partial charge >= 0.3 is 0 Å². The fourth-order valence-electron chi connectivity index (χ4n) is 2.14. The number of nitrogens with zero attached hydrogens (tertiary/aromatic N) is 2. The second-order valence-electron chi connectivity index (χ2n) is 4.21. The van der Waals surface area contributed by atoms with Crippen molar-refractivity contribution in [2.45, 2.75) is 13.0 Å². The fraction of sp³-hybridized carbons (Fsp3) is 0.231. The fourth-order valence-corrected chi connectivity index (χ4v) is 3.03. The van der Waals surface area contributed by atoms with E-state index >= 15 is 0 Å². The molecule has 2 aromatic rings. The molecule has 0 N–H and O–H groups in total. The molecule has 1 aliphatic heterocycles. The second kappa shape index (κ2) is 4.49. The Morgan fingerprint density at radius 2 is 2.33 bits per heavy atom. The van der Waals surface area contributed by atoms with Crippen LogP contribution in [0.5, 0.6) is 0 Å². The van der Waals surface area contributed by atoms with Crippen LogP contribution in [0.3, 0.4) is 0 Å². The number of hydrogen-bond donors (Lipinski definition) is 0. The zero-order chi connectivity index (χ0) is 12.5. The van der Waals surface area contributed by atoms with E-state index in [4.69, 9.17) is 0 Å². The topological polar surface area (TPSA) is 33.2 Å². The molecule has 18 heavy (non-hydrogen) atoms. The third-order valence-corrected chi connectivity index (χ3v) is 4.09. The van der Waals surface area contributed by atoms with Gasteiger partial charge in [-0.2, -0.15) is 4.39 Å². The normalized spacial score (nSPS) is 14.4. The monoisotopic (exact) mass is 262 g/mol. The van der Waals surface area contributed by atoms with Crippen LogP contribution in [0.15, 0.2) is 29.8 Å². The third kappa shape index (κ3) is 2.01. The van der Waals surface area contributed by atoms with Crippen molar-refractivity contribution in [2.24, 2.45) is 0 Å². The average Bonchev–Trinajstić information content (AvgIpc) is 2.85. The van der Waals surface area contributed by atoms with E-state index in [1.54, 1.807) is 22.3 Å². The van der Waals surface area contributed by atoms with Crippen LogP contribution in [-0.4, -0.2) is 22.3 Å². The van der Waals surface area contributed by atoms with E-state index in [9.17, 15) is 9.18 Å². The van der Waals surface area contributed by atoms with Gasteiger partial charge in [0.25, 0.3) is 5.91 Å². The number of amides is 1. The van der Waals surface area contributed by atoms with Crippen LogP contribution in [0, 0.1) is 5.95 Å². The lowest BCUT2D eigenvalue weighted by Gasteiger charge is -2.27. The summed E-state index contributed by atoms with van der Waals surface area (Å²) in [7, 11) is 0. The number of rotatable bonds is 1. The molecule has 3 heterocycles. The minimum atomic E-state index is -0.617. The molecule has 0 bridgehead atoms. The average molecular weight is 262 g/mol. The highest BCUT2D eigenvalue weighted by molar-refractivity contribution is 7.10. The van der Waals surface area contributed by atoms with E-state index in [-0.39, 0.29) is 5.91 Å². The maximum Gasteiger partial charge on any atom is 0.254 e. The van der Waals surface area contributed by atoms with Crippen LogP contribution < -0.4 is 0 Å². The number of carbonyl (C=O) groups excluding carboxylic acids is 1. The SMILES string of the molecule is O=C(c1ccnc(F)c1)N1CCc2sccc2C1. The summed E-state index contributed by atoms with van der Waals surface area (Å²) in [6.45, 7) is 1.30. The maximum atomic E-state index is 13.0. The summed E-state index contributed by atoms with van der Waals surface area (Å²) in [4.78, 5) is 18.8. The Morgan fingerprint density at radius 1 is 1.44 bits per heavy atom. The van der Waals surface area contributed by atoms with Gasteiger partial charge in [-0.3, -0.25) is 4.79 Å². The number of aromatic nitrogens is 1. The van der Waals surface area contributed by atoms with Crippen LogP contribution in [0.2, 0.25) is 0 Å². The molecule has 2 aromatic heterocycles. The van der Waals surface area contributed by atoms with Crippen LogP contribution in [0.4, 0.5) is 4.39 Å². The number of hydrogen-bond acceptors (Lipinski definition) is 3. The van der Waals surface area contributed by atoms with Crippen molar-refractivity contribution < 1.29 is 9.18 Å². The van der Waals surface area contributed by atoms with Crippen LogP contribution in [0.1, 0.15) is 20.8 Å². The Hall–Kier alpha value is -1.75. The molecular formula is C13H11FN2OS. The van der Waals surface area contributed by atoms with E-state index in [1.807, 2.05) is 11.4 Å². The molecule has 1 aliphatic rings. The smallest absolute Gasteiger partial charge is 0.254 e. The minimum absolute atomic E-state index is 0.131. The summed E-state index contributed by atoms with van der Waals surface area (Å²) in [6.07, 6.45) is 2.20. The van der Waals surface area contributed by atoms with Gasteiger partial charge in [-0.25, -0.2) is 4.98 Å². The molecule has 0 spiro atoms. The highest BCUT2D eigenvalue weighted by Crippen LogP contribution is 2.24. The van der Waals surface area contributed by atoms with Crippen molar-refractivity contribution in [3.05, 3.63) is 51.7 Å². The predicted octanol–water partition coefficient (Wildman–Crippen LogP) is 2.48. The van der Waals surface area contributed by atoms with Crippen LogP contribution in [-0.2, 0) is 13.0 Å². The first kappa shape index (κ1) is 11.3. The van der Waals surface area contributed by atoms with E-state index in [2.05, 4.69) is 4.98 Å². The van der Waals surface area contributed by atoms with Gasteiger partial charge in [-0.1, -0.05) is 0 Å². The number of fused-ring (bicyclic) bond motifs is 1. The molecule has 0 fully saturated rings. The molecule has 92 valence electrons. The van der Waals surface area contributed by atoms with Crippen molar-refractivity contribution in [2.75, 3.05) is 6.54 Å². The Bertz CT molecular complexity index is 596. The molecule has 0 saturated carbocycles. The molecule has 0 atom stereocenters. The largest absolute Gasteiger partial charge is 0.334 e. The van der Waals surface area contributed by atoms with Gasteiger partial charge in [0.1, 0.15) is 0 Å². The molecule has 0 radical (unpaired) electrons. The summed E-state index contributed by atoms with van der Waals surface area (Å²) >= 11 is 1.73. The van der Waals surface area contributed by atoms with Crippen molar-refractivity contribution in [1.29, 1.82) is 0 Å².